The van der Waals surface area contributed by atoms with Crippen molar-refractivity contribution >= 4 is 54.6 Å². The smallest absolute Gasteiger partial charge is 0.136 e. The number of fused-ring (bicyclic) bond motifs is 8. The van der Waals surface area contributed by atoms with Gasteiger partial charge in [0.25, 0.3) is 0 Å². The van der Waals surface area contributed by atoms with E-state index < -0.39 is 36.3 Å². The minimum absolute atomic E-state index is 0.0174. The summed E-state index contributed by atoms with van der Waals surface area (Å²) in [7, 11) is 0. The number of hydrogen-bond donors (Lipinski definition) is 0. The Morgan fingerprint density at radius 2 is 1.19 bits per heavy atom. The Morgan fingerprint density at radius 1 is 0.429 bits per heavy atom. The molecule has 2 nitrogen and oxygen atoms in total. The van der Waals surface area contributed by atoms with Crippen LogP contribution in [0.4, 0.5) is 0 Å². The van der Waals surface area contributed by atoms with Crippen molar-refractivity contribution in [2.45, 2.75) is 0 Å². The van der Waals surface area contributed by atoms with Crippen molar-refractivity contribution in [2.24, 2.45) is 0 Å². The fourth-order valence-corrected chi connectivity index (χ4v) is 5.84. The highest BCUT2D eigenvalue weighted by Crippen LogP contribution is 2.41. The molecule has 0 aliphatic rings. The van der Waals surface area contributed by atoms with E-state index in [1.807, 2.05) is 91.0 Å². The Morgan fingerprint density at radius 3 is 2.12 bits per heavy atom. The third-order valence-electron chi connectivity index (χ3n) is 7.74. The van der Waals surface area contributed by atoms with E-state index in [0.717, 1.165) is 38.6 Å². The largest absolute Gasteiger partial charge is 0.456 e. The molecule has 2 aromatic heterocycles. The summed E-state index contributed by atoms with van der Waals surface area (Å²) in [6.07, 6.45) is 0. The number of rotatable bonds is 3. The van der Waals surface area contributed by atoms with Crippen LogP contribution in [0, 0.1) is 0 Å². The molecule has 2 heteroatoms. The van der Waals surface area contributed by atoms with Gasteiger partial charge in [-0.3, -0.25) is 0 Å². The lowest BCUT2D eigenvalue weighted by Crippen LogP contribution is -1.87. The van der Waals surface area contributed by atoms with Crippen molar-refractivity contribution in [2.75, 3.05) is 0 Å². The van der Waals surface area contributed by atoms with E-state index in [4.69, 9.17) is 17.1 Å². The van der Waals surface area contributed by atoms with Gasteiger partial charge in [0.15, 0.2) is 0 Å². The molecule has 0 saturated carbocycles. The average Bonchev–Trinajstić information content (AvgIpc) is 3.74. The van der Waals surface area contributed by atoms with Crippen LogP contribution in [-0.4, -0.2) is 0 Å². The highest BCUT2D eigenvalue weighted by molar-refractivity contribution is 6.19. The van der Waals surface area contributed by atoms with Crippen molar-refractivity contribution in [3.8, 4) is 33.4 Å². The molecular formula is C40H24O2. The van der Waals surface area contributed by atoms with Gasteiger partial charge in [-0.1, -0.05) is 96.9 Å². The first kappa shape index (κ1) is 16.0. The van der Waals surface area contributed by atoms with Gasteiger partial charge in [0.05, 0.1) is 12.3 Å². The summed E-state index contributed by atoms with van der Waals surface area (Å²) in [5, 5.41) is 1.70. The number of furan rings is 2. The van der Waals surface area contributed by atoms with Gasteiger partial charge in [0, 0.05) is 21.5 Å². The fraction of sp³-hybridized carbons (Fsp3) is 0. The van der Waals surface area contributed by atoms with Gasteiger partial charge in [-0.2, -0.15) is 0 Å². The first-order chi connectivity index (χ1) is 24.6. The summed E-state index contributed by atoms with van der Waals surface area (Å²) in [5.41, 5.74) is 4.96. The van der Waals surface area contributed by atoms with Crippen molar-refractivity contribution < 1.29 is 21.2 Å². The van der Waals surface area contributed by atoms with Crippen LogP contribution in [0.3, 0.4) is 0 Å². The lowest BCUT2D eigenvalue weighted by molar-refractivity contribution is 0.668. The SMILES string of the molecule is [2H]c1c([2H])c([2H])c2c(oc3c([2H])c([2H])c4c([2H])c(-c5cc(-c6ccccc6)cc(-c6cccc7oc8ccccc8c67)c5)c([2H])c([2H])c4c32)c1[2H]. The Balaban J connectivity index is 1.40. The predicted molar refractivity (Wildman–Crippen MR) is 175 cm³/mol. The Bertz CT molecular complexity index is 2960. The topological polar surface area (TPSA) is 26.3 Å². The average molecular weight is 546 g/mol. The van der Waals surface area contributed by atoms with Gasteiger partial charge in [-0.25, -0.2) is 0 Å². The molecule has 196 valence electrons. The van der Waals surface area contributed by atoms with Crippen LogP contribution in [0.15, 0.2) is 154 Å². The van der Waals surface area contributed by atoms with Crippen LogP contribution >= 0.6 is 0 Å². The normalized spacial score (nSPS) is 14.8. The molecule has 9 rings (SSSR count). The first-order valence-electron chi connectivity index (χ1n) is 18.0. The summed E-state index contributed by atoms with van der Waals surface area (Å²) >= 11 is 0. The third-order valence-corrected chi connectivity index (χ3v) is 7.74. The van der Waals surface area contributed by atoms with Crippen molar-refractivity contribution in [3.63, 3.8) is 0 Å². The van der Waals surface area contributed by atoms with Crippen molar-refractivity contribution in [1.29, 1.82) is 0 Å². The quantitative estimate of drug-likeness (QED) is 0.221. The van der Waals surface area contributed by atoms with Crippen molar-refractivity contribution in [3.05, 3.63) is 145 Å². The van der Waals surface area contributed by atoms with Gasteiger partial charge in [-0.15, -0.1) is 0 Å². The molecule has 0 spiro atoms. The van der Waals surface area contributed by atoms with Crippen LogP contribution in [0.1, 0.15) is 12.3 Å². The second kappa shape index (κ2) is 8.95. The molecule has 0 amide bonds. The molecule has 0 aliphatic heterocycles. The molecule has 0 radical (unpaired) electrons. The second-order valence-corrected chi connectivity index (χ2v) is 10.2. The summed E-state index contributed by atoms with van der Waals surface area (Å²) in [5.74, 6) is 0. The van der Waals surface area contributed by atoms with E-state index in [1.54, 1.807) is 0 Å². The molecule has 0 unspecified atom stereocenters. The molecule has 0 aliphatic carbocycles. The van der Waals surface area contributed by atoms with E-state index in [9.17, 15) is 4.11 Å². The molecule has 7 aromatic carbocycles. The monoisotopic (exact) mass is 545 g/mol. The Labute approximate surface area is 254 Å². The maximum Gasteiger partial charge on any atom is 0.136 e. The summed E-state index contributed by atoms with van der Waals surface area (Å²) < 4.78 is 91.6. The fourth-order valence-electron chi connectivity index (χ4n) is 5.84. The van der Waals surface area contributed by atoms with Gasteiger partial charge in [-0.05, 0) is 92.6 Å². The third kappa shape index (κ3) is 3.52. The molecular weight excluding hydrogens is 512 g/mol. The van der Waals surface area contributed by atoms with Gasteiger partial charge < -0.3 is 8.83 Å². The zero-order chi connectivity index (χ0) is 35.5. The first-order valence-corrected chi connectivity index (χ1v) is 13.5. The Hall–Kier alpha value is -5.60. The molecule has 0 saturated heterocycles. The summed E-state index contributed by atoms with van der Waals surface area (Å²) in [6.45, 7) is 0. The lowest BCUT2D eigenvalue weighted by atomic mass is 9.91. The summed E-state index contributed by atoms with van der Waals surface area (Å²) in [4.78, 5) is 0. The van der Waals surface area contributed by atoms with Gasteiger partial charge in [0.2, 0.25) is 0 Å². The Kier molecular flexibility index (Phi) is 3.41. The number of para-hydroxylation sites is 2. The predicted octanol–water partition coefficient (Wildman–Crippen LogP) is 11.6. The molecule has 0 atom stereocenters. The van der Waals surface area contributed by atoms with E-state index in [-0.39, 0.29) is 56.4 Å². The highest BCUT2D eigenvalue weighted by Gasteiger charge is 2.15. The zero-order valence-corrected chi connectivity index (χ0v) is 22.0. The molecule has 9 aromatic rings. The molecule has 0 bridgehead atoms. The zero-order valence-electron chi connectivity index (χ0n) is 31.0. The molecule has 2 heterocycles. The van der Waals surface area contributed by atoms with E-state index in [2.05, 4.69) is 0 Å². The maximum atomic E-state index is 9.52. The molecule has 42 heavy (non-hydrogen) atoms. The van der Waals surface area contributed by atoms with Crippen LogP contribution < -0.4 is 0 Å². The number of hydrogen-bond acceptors (Lipinski definition) is 2. The standard InChI is InChI=1S/C40H24O2/c1-2-9-25(10-3-1)28-22-29(24-30(23-28)31-13-8-16-37-39(31)33-11-4-6-14-35(33)41-37)26-17-19-32-27(21-26)18-20-38-40(32)34-12-5-7-15-36(34)42-38/h1-24H/i5D,7D,12D,15D,17D,18D,19D,20D,21D. The van der Waals surface area contributed by atoms with E-state index in [0.29, 0.717) is 11.1 Å². The van der Waals surface area contributed by atoms with E-state index >= 15 is 0 Å². The maximum absolute atomic E-state index is 9.52. The number of benzene rings is 7. The molecule has 0 N–H and O–H groups in total. The minimum Gasteiger partial charge on any atom is -0.456 e. The summed E-state index contributed by atoms with van der Waals surface area (Å²) in [6, 6.07) is 25.4. The molecule has 0 fully saturated rings. The van der Waals surface area contributed by atoms with Crippen LogP contribution in [0.2, 0.25) is 0 Å². The van der Waals surface area contributed by atoms with Gasteiger partial charge in [0.1, 0.15) is 22.3 Å². The van der Waals surface area contributed by atoms with Crippen LogP contribution in [0.5, 0.6) is 0 Å². The van der Waals surface area contributed by atoms with Gasteiger partial charge >= 0.3 is 0 Å². The van der Waals surface area contributed by atoms with E-state index in [1.165, 1.54) is 0 Å². The lowest BCUT2D eigenvalue weighted by Gasteiger charge is -2.13. The second-order valence-electron chi connectivity index (χ2n) is 10.2. The van der Waals surface area contributed by atoms with Crippen LogP contribution in [-0.2, 0) is 0 Å². The van der Waals surface area contributed by atoms with Crippen molar-refractivity contribution in [1.82, 2.24) is 0 Å². The minimum atomic E-state index is -0.518. The highest BCUT2D eigenvalue weighted by atomic mass is 16.3. The van der Waals surface area contributed by atoms with Crippen LogP contribution in [0.25, 0.3) is 88.0 Å².